The highest BCUT2D eigenvalue weighted by atomic mass is 16.5. The van der Waals surface area contributed by atoms with Crippen molar-refractivity contribution in [3.8, 4) is 0 Å². The minimum atomic E-state index is -0.887. The van der Waals surface area contributed by atoms with Gasteiger partial charge in [0.1, 0.15) is 12.2 Å². The van der Waals surface area contributed by atoms with Crippen molar-refractivity contribution in [2.24, 2.45) is 0 Å². The molecule has 0 spiro atoms. The first-order chi connectivity index (χ1) is 15.9. The molecule has 0 bridgehead atoms. The van der Waals surface area contributed by atoms with Crippen molar-refractivity contribution >= 4 is 22.9 Å². The molecule has 6 heteroatoms. The Balaban J connectivity index is 1.73. The number of carbonyl (C=O) groups excluding carboxylic acids is 2. The van der Waals surface area contributed by atoms with E-state index in [0.29, 0.717) is 17.7 Å². The van der Waals surface area contributed by atoms with Gasteiger partial charge in [0.15, 0.2) is 11.6 Å². The molecule has 186 valence electrons. The molecule has 2 aromatic carbocycles. The first kappa shape index (κ1) is 27.5. The fourth-order valence-corrected chi connectivity index (χ4v) is 3.54. The molecule has 0 saturated heterocycles. The number of hydrogen-bond acceptors (Lipinski definition) is 6. The quantitative estimate of drug-likeness (QED) is 0.287. The van der Waals surface area contributed by atoms with Crippen LogP contribution in [0.25, 0.3) is 0 Å². The van der Waals surface area contributed by atoms with Crippen LogP contribution in [0.3, 0.4) is 0 Å². The fourth-order valence-electron chi connectivity index (χ4n) is 3.54. The predicted octanol–water partition coefficient (Wildman–Crippen LogP) is 5.62. The normalized spacial score (nSPS) is 11.9. The summed E-state index contributed by atoms with van der Waals surface area (Å²) in [6.45, 7) is 8.16. The molecule has 2 rings (SSSR count). The van der Waals surface area contributed by atoms with E-state index in [1.54, 1.807) is 0 Å². The van der Waals surface area contributed by atoms with Crippen molar-refractivity contribution in [2.75, 3.05) is 44.6 Å². The molecule has 0 aliphatic carbocycles. The van der Waals surface area contributed by atoms with Crippen LogP contribution in [0, 0.1) is 0 Å². The molecule has 0 aliphatic rings. The Morgan fingerprint density at radius 1 is 0.853 bits per heavy atom. The van der Waals surface area contributed by atoms with Crippen LogP contribution in [0.4, 0.5) is 11.4 Å². The Morgan fingerprint density at radius 3 is 2.00 bits per heavy atom. The third kappa shape index (κ3) is 8.26. The molecule has 0 saturated carbocycles. The molecule has 0 unspecified atom stereocenters. The fraction of sp³-hybridized carbons (Fsp3) is 0.500. The lowest BCUT2D eigenvalue weighted by Gasteiger charge is -2.26. The number of unbranched alkanes of at least 4 members (excludes halogenated alkanes) is 1. The Bertz CT molecular complexity index is 932. The number of anilines is 2. The smallest absolute Gasteiger partial charge is 0.194 e. The lowest BCUT2D eigenvalue weighted by molar-refractivity contribution is -0.0240. The summed E-state index contributed by atoms with van der Waals surface area (Å²) in [5.41, 5.74) is 2.00. The first-order valence-electron chi connectivity index (χ1n) is 11.9. The van der Waals surface area contributed by atoms with Gasteiger partial charge in [-0.3, -0.25) is 9.59 Å². The van der Waals surface area contributed by atoms with E-state index < -0.39 is 11.2 Å². The van der Waals surface area contributed by atoms with Gasteiger partial charge in [-0.05, 0) is 95.5 Å². The number of nitrogens with zero attached hydrogens (tertiary/aromatic N) is 1. The summed E-state index contributed by atoms with van der Waals surface area (Å²) in [6, 6.07) is 14.9. The van der Waals surface area contributed by atoms with E-state index in [-0.39, 0.29) is 18.2 Å². The summed E-state index contributed by atoms with van der Waals surface area (Å²) in [7, 11) is 5.78. The Labute approximate surface area is 204 Å². The van der Waals surface area contributed by atoms with E-state index in [1.165, 1.54) is 0 Å². The van der Waals surface area contributed by atoms with Crippen LogP contribution in [0.2, 0.25) is 0 Å². The van der Waals surface area contributed by atoms with Gasteiger partial charge < -0.3 is 19.7 Å². The van der Waals surface area contributed by atoms with E-state index >= 15 is 0 Å². The molecule has 0 radical (unpaired) electrons. The average molecular weight is 469 g/mol. The average Bonchev–Trinajstić information content (AvgIpc) is 2.81. The summed E-state index contributed by atoms with van der Waals surface area (Å²) in [5.74, 6) is -0.0549. The molecular formula is C28H40N2O4. The van der Waals surface area contributed by atoms with Crippen LogP contribution in [0.1, 0.15) is 67.7 Å². The van der Waals surface area contributed by atoms with Gasteiger partial charge in [0, 0.05) is 50.3 Å². The summed E-state index contributed by atoms with van der Waals surface area (Å²) < 4.78 is 11.9. The lowest BCUT2D eigenvalue weighted by atomic mass is 9.96. The number of ether oxygens (including phenoxy) is 2. The molecule has 6 nitrogen and oxygen atoms in total. The summed E-state index contributed by atoms with van der Waals surface area (Å²) in [6.07, 6.45) is 2.48. The van der Waals surface area contributed by atoms with E-state index in [2.05, 4.69) is 5.32 Å². The van der Waals surface area contributed by atoms with Crippen LogP contribution < -0.4 is 10.2 Å². The van der Waals surface area contributed by atoms with Crippen LogP contribution in [-0.2, 0) is 9.47 Å². The number of benzene rings is 2. The Hall–Kier alpha value is -2.70. The summed E-state index contributed by atoms with van der Waals surface area (Å²) in [4.78, 5) is 27.3. The number of nitrogens with one attached hydrogen (secondary N) is 1. The highest BCUT2D eigenvalue weighted by Crippen LogP contribution is 2.22. The van der Waals surface area contributed by atoms with Gasteiger partial charge >= 0.3 is 0 Å². The molecule has 0 atom stereocenters. The maximum Gasteiger partial charge on any atom is 0.194 e. The standard InChI is InChI=1S/C28H40N2O4/c1-27(2,34-20-25(31)21-12-16-24(17-13-21)30(6)7)18-8-9-19-33-28(3,4)26(32)22-10-14-23(29-5)15-11-22/h10-17,29H,8-9,18-20H2,1-7H3. The van der Waals surface area contributed by atoms with Gasteiger partial charge in [0.2, 0.25) is 0 Å². The topological polar surface area (TPSA) is 67.9 Å². The Kier molecular flexibility index (Phi) is 9.83. The van der Waals surface area contributed by atoms with Gasteiger partial charge in [-0.1, -0.05) is 0 Å². The monoisotopic (exact) mass is 468 g/mol. The van der Waals surface area contributed by atoms with Crippen molar-refractivity contribution in [2.45, 2.75) is 58.2 Å². The second-order valence-electron chi connectivity index (χ2n) is 9.89. The molecule has 0 aromatic heterocycles. The molecule has 0 heterocycles. The predicted molar refractivity (Wildman–Crippen MR) is 139 cm³/mol. The van der Waals surface area contributed by atoms with Gasteiger partial charge in [0.05, 0.1) is 5.60 Å². The number of rotatable bonds is 14. The zero-order valence-corrected chi connectivity index (χ0v) is 21.7. The number of hydrogen-bond donors (Lipinski definition) is 1. The van der Waals surface area contributed by atoms with Gasteiger partial charge in [0.25, 0.3) is 0 Å². The second kappa shape index (κ2) is 12.1. The minimum absolute atomic E-state index is 0.0234. The van der Waals surface area contributed by atoms with Gasteiger partial charge in [-0.25, -0.2) is 0 Å². The minimum Gasteiger partial charge on any atom is -0.388 e. The SMILES string of the molecule is CNc1ccc(C(=O)C(C)(C)OCCCCC(C)(C)OCC(=O)c2ccc(N(C)C)cc2)cc1. The van der Waals surface area contributed by atoms with Gasteiger partial charge in [-0.15, -0.1) is 0 Å². The number of carbonyl (C=O) groups is 2. The molecule has 0 aliphatic heterocycles. The lowest BCUT2D eigenvalue weighted by Crippen LogP contribution is -2.35. The maximum atomic E-state index is 12.8. The highest BCUT2D eigenvalue weighted by molar-refractivity contribution is 6.02. The zero-order valence-electron chi connectivity index (χ0n) is 21.7. The van der Waals surface area contributed by atoms with E-state index in [9.17, 15) is 9.59 Å². The third-order valence-electron chi connectivity index (χ3n) is 5.92. The van der Waals surface area contributed by atoms with Crippen molar-refractivity contribution in [1.82, 2.24) is 0 Å². The summed E-state index contributed by atoms with van der Waals surface area (Å²) in [5, 5.41) is 3.05. The molecule has 1 N–H and O–H groups in total. The van der Waals surface area contributed by atoms with E-state index in [4.69, 9.17) is 9.47 Å². The zero-order chi connectivity index (χ0) is 25.4. The maximum absolute atomic E-state index is 12.8. The van der Waals surface area contributed by atoms with E-state index in [1.807, 2.05) is 102 Å². The first-order valence-corrected chi connectivity index (χ1v) is 11.9. The van der Waals surface area contributed by atoms with Crippen molar-refractivity contribution < 1.29 is 19.1 Å². The van der Waals surface area contributed by atoms with Crippen LogP contribution in [-0.4, -0.2) is 57.1 Å². The highest BCUT2D eigenvalue weighted by Gasteiger charge is 2.29. The number of ketones is 2. The largest absolute Gasteiger partial charge is 0.388 e. The number of Topliss-reactive ketones (excluding diaryl/α,β-unsaturated/α-hetero) is 2. The van der Waals surface area contributed by atoms with Gasteiger partial charge in [-0.2, -0.15) is 0 Å². The molecule has 0 fully saturated rings. The second-order valence-corrected chi connectivity index (χ2v) is 9.89. The van der Waals surface area contributed by atoms with Crippen LogP contribution >= 0.6 is 0 Å². The van der Waals surface area contributed by atoms with E-state index in [0.717, 1.165) is 30.6 Å². The molecule has 0 amide bonds. The summed E-state index contributed by atoms with van der Waals surface area (Å²) >= 11 is 0. The Morgan fingerprint density at radius 2 is 1.44 bits per heavy atom. The third-order valence-corrected chi connectivity index (χ3v) is 5.92. The van der Waals surface area contributed by atoms with Crippen molar-refractivity contribution in [1.29, 1.82) is 0 Å². The molecule has 34 heavy (non-hydrogen) atoms. The van der Waals surface area contributed by atoms with Crippen LogP contribution in [0.5, 0.6) is 0 Å². The van der Waals surface area contributed by atoms with Crippen molar-refractivity contribution in [3.05, 3.63) is 59.7 Å². The molecule has 2 aromatic rings. The van der Waals surface area contributed by atoms with Crippen molar-refractivity contribution in [3.63, 3.8) is 0 Å². The van der Waals surface area contributed by atoms with Crippen LogP contribution in [0.15, 0.2) is 48.5 Å². The molecular weight excluding hydrogens is 428 g/mol.